The van der Waals surface area contributed by atoms with Crippen LogP contribution in [0.15, 0.2) is 5.16 Å². The average molecular weight is 243 g/mol. The summed E-state index contributed by atoms with van der Waals surface area (Å²) in [7, 11) is 0. The normalized spacial score (nSPS) is 26.1. The molecule has 0 saturated carbocycles. The zero-order valence-electron chi connectivity index (χ0n) is 10.8. The Morgan fingerprint density at radius 3 is 2.82 bits per heavy atom. The van der Waals surface area contributed by atoms with Gasteiger partial charge in [0.1, 0.15) is 5.84 Å². The van der Waals surface area contributed by atoms with E-state index in [4.69, 9.17) is 10.9 Å². The Morgan fingerprint density at radius 2 is 2.29 bits per heavy atom. The lowest BCUT2D eigenvalue weighted by atomic mass is 10.0. The number of hydrogen-bond donors (Lipinski definition) is 3. The summed E-state index contributed by atoms with van der Waals surface area (Å²) in [6.07, 6.45) is 4.44. The van der Waals surface area contributed by atoms with Crippen molar-refractivity contribution < 1.29 is 10.3 Å². The van der Waals surface area contributed by atoms with E-state index in [0.29, 0.717) is 24.3 Å². The molecule has 3 atom stereocenters. The number of hydrogen-bond acceptors (Lipinski definition) is 4. The maximum absolute atomic E-state index is 9.50. The van der Waals surface area contributed by atoms with Crippen LogP contribution < -0.4 is 5.73 Å². The summed E-state index contributed by atoms with van der Waals surface area (Å²) in [6, 6.07) is 0.753. The van der Waals surface area contributed by atoms with Crippen molar-refractivity contribution in [3.8, 4) is 0 Å². The van der Waals surface area contributed by atoms with Crippen molar-refractivity contribution in [1.29, 1.82) is 0 Å². The third kappa shape index (κ3) is 4.16. The van der Waals surface area contributed by atoms with E-state index in [1.165, 1.54) is 6.42 Å². The zero-order valence-corrected chi connectivity index (χ0v) is 10.8. The van der Waals surface area contributed by atoms with E-state index in [0.717, 1.165) is 25.8 Å². The fourth-order valence-corrected chi connectivity index (χ4v) is 2.76. The average Bonchev–Trinajstić information content (AvgIpc) is 2.72. The molecule has 5 nitrogen and oxygen atoms in total. The van der Waals surface area contributed by atoms with Crippen LogP contribution in [0.25, 0.3) is 0 Å². The van der Waals surface area contributed by atoms with Gasteiger partial charge in [0, 0.05) is 18.5 Å². The van der Waals surface area contributed by atoms with Gasteiger partial charge in [0.05, 0.1) is 6.10 Å². The largest absolute Gasteiger partial charge is 0.409 e. The Kier molecular flexibility index (Phi) is 5.71. The second kappa shape index (κ2) is 6.81. The van der Waals surface area contributed by atoms with Crippen LogP contribution in [-0.4, -0.2) is 45.8 Å². The summed E-state index contributed by atoms with van der Waals surface area (Å²) in [4.78, 5) is 2.41. The van der Waals surface area contributed by atoms with E-state index in [9.17, 15) is 5.11 Å². The van der Waals surface area contributed by atoms with Crippen LogP contribution in [0, 0.1) is 0 Å². The van der Waals surface area contributed by atoms with E-state index in [-0.39, 0.29) is 6.10 Å². The number of nitrogens with two attached hydrogens (primary N) is 1. The molecule has 0 aromatic carbocycles. The molecule has 4 N–H and O–H groups in total. The van der Waals surface area contributed by atoms with Crippen molar-refractivity contribution in [3.63, 3.8) is 0 Å². The predicted octanol–water partition coefficient (Wildman–Crippen LogP) is 1.14. The Bertz CT molecular complexity index is 256. The minimum atomic E-state index is -0.262. The molecule has 17 heavy (non-hydrogen) atoms. The predicted molar refractivity (Wildman–Crippen MR) is 68.1 cm³/mol. The molecule has 0 radical (unpaired) electrons. The molecule has 1 heterocycles. The Hall–Kier alpha value is -0.810. The molecule has 1 saturated heterocycles. The number of nitrogens with zero attached hydrogens (tertiary/aromatic N) is 2. The van der Waals surface area contributed by atoms with Gasteiger partial charge in [-0.25, -0.2) is 0 Å². The summed E-state index contributed by atoms with van der Waals surface area (Å²) >= 11 is 0. The van der Waals surface area contributed by atoms with Gasteiger partial charge in [0.25, 0.3) is 0 Å². The second-order valence-corrected chi connectivity index (χ2v) is 4.98. The van der Waals surface area contributed by atoms with Gasteiger partial charge in [-0.3, -0.25) is 4.90 Å². The van der Waals surface area contributed by atoms with Crippen molar-refractivity contribution in [1.82, 2.24) is 4.90 Å². The Balaban J connectivity index is 2.60. The maximum atomic E-state index is 9.50. The number of oxime groups is 1. The highest BCUT2D eigenvalue weighted by Gasteiger charge is 2.30. The van der Waals surface area contributed by atoms with E-state index in [2.05, 4.69) is 17.0 Å². The minimum absolute atomic E-state index is 0.262. The molecule has 0 spiro atoms. The molecule has 0 amide bonds. The standard InChI is InChI=1S/C12H25N3O2/c1-3-10(8-12(13)14-17)15-6-4-5-11(15)7-9(2)16/h9-11,16-17H,3-8H2,1-2H3,(H2,13,14). The lowest BCUT2D eigenvalue weighted by molar-refractivity contribution is 0.109. The molecular weight excluding hydrogens is 218 g/mol. The van der Waals surface area contributed by atoms with Gasteiger partial charge in [-0.05, 0) is 39.2 Å². The van der Waals surface area contributed by atoms with Crippen molar-refractivity contribution in [2.24, 2.45) is 10.9 Å². The third-order valence-electron chi connectivity index (χ3n) is 3.55. The Morgan fingerprint density at radius 1 is 1.59 bits per heavy atom. The summed E-state index contributed by atoms with van der Waals surface area (Å²) in [5, 5.41) is 21.2. The van der Waals surface area contributed by atoms with Crippen LogP contribution in [0.3, 0.4) is 0 Å². The van der Waals surface area contributed by atoms with E-state index in [1.807, 2.05) is 6.92 Å². The van der Waals surface area contributed by atoms with Crippen LogP contribution >= 0.6 is 0 Å². The first-order valence-corrected chi connectivity index (χ1v) is 6.48. The van der Waals surface area contributed by atoms with Crippen LogP contribution in [0.1, 0.15) is 46.0 Å². The number of amidine groups is 1. The van der Waals surface area contributed by atoms with Gasteiger partial charge < -0.3 is 16.0 Å². The highest BCUT2D eigenvalue weighted by atomic mass is 16.4. The van der Waals surface area contributed by atoms with Crippen LogP contribution in [0.5, 0.6) is 0 Å². The summed E-state index contributed by atoms with van der Waals surface area (Å²) in [5.74, 6) is 0.291. The highest BCUT2D eigenvalue weighted by Crippen LogP contribution is 2.26. The van der Waals surface area contributed by atoms with E-state index in [1.54, 1.807) is 0 Å². The molecule has 1 aliphatic heterocycles. The molecule has 1 fully saturated rings. The van der Waals surface area contributed by atoms with Crippen molar-refractivity contribution in [2.45, 2.75) is 64.1 Å². The molecule has 1 rings (SSSR count). The molecule has 100 valence electrons. The SMILES string of the molecule is CCC(CC(N)=NO)N1CCCC1CC(C)O. The molecule has 1 aliphatic rings. The van der Waals surface area contributed by atoms with Crippen molar-refractivity contribution in [2.75, 3.05) is 6.54 Å². The highest BCUT2D eigenvalue weighted by molar-refractivity contribution is 5.80. The first-order chi connectivity index (χ1) is 8.08. The fraction of sp³-hybridized carbons (Fsp3) is 0.917. The number of aliphatic hydroxyl groups is 1. The molecule has 0 aromatic heterocycles. The number of rotatable bonds is 6. The van der Waals surface area contributed by atoms with Gasteiger partial charge >= 0.3 is 0 Å². The second-order valence-electron chi connectivity index (χ2n) is 4.98. The van der Waals surface area contributed by atoms with Gasteiger partial charge in [-0.15, -0.1) is 0 Å². The quantitative estimate of drug-likeness (QED) is 0.283. The number of likely N-dealkylation sites (tertiary alicyclic amines) is 1. The molecule has 5 heteroatoms. The first kappa shape index (κ1) is 14.3. The first-order valence-electron chi connectivity index (χ1n) is 6.48. The number of aliphatic hydroxyl groups excluding tert-OH is 1. The lowest BCUT2D eigenvalue weighted by Crippen LogP contribution is -2.42. The van der Waals surface area contributed by atoms with Crippen molar-refractivity contribution >= 4 is 5.84 Å². The Labute approximate surface area is 103 Å². The maximum Gasteiger partial charge on any atom is 0.140 e. The van der Waals surface area contributed by atoms with Gasteiger partial charge in [0.2, 0.25) is 0 Å². The smallest absolute Gasteiger partial charge is 0.140 e. The van der Waals surface area contributed by atoms with Gasteiger partial charge in [0.15, 0.2) is 0 Å². The van der Waals surface area contributed by atoms with Crippen LogP contribution in [0.2, 0.25) is 0 Å². The zero-order chi connectivity index (χ0) is 12.8. The van der Waals surface area contributed by atoms with Crippen LogP contribution in [0.4, 0.5) is 0 Å². The minimum Gasteiger partial charge on any atom is -0.409 e. The van der Waals surface area contributed by atoms with E-state index >= 15 is 0 Å². The van der Waals surface area contributed by atoms with Crippen LogP contribution in [-0.2, 0) is 0 Å². The molecule has 0 aromatic rings. The molecule has 0 aliphatic carbocycles. The monoisotopic (exact) mass is 243 g/mol. The lowest BCUT2D eigenvalue weighted by Gasteiger charge is -2.33. The summed E-state index contributed by atoms with van der Waals surface area (Å²) < 4.78 is 0. The topological polar surface area (TPSA) is 82.1 Å². The fourth-order valence-electron chi connectivity index (χ4n) is 2.76. The van der Waals surface area contributed by atoms with E-state index < -0.39 is 0 Å². The van der Waals surface area contributed by atoms with Gasteiger partial charge in [-0.1, -0.05) is 12.1 Å². The van der Waals surface area contributed by atoms with Crippen molar-refractivity contribution in [3.05, 3.63) is 0 Å². The summed E-state index contributed by atoms with van der Waals surface area (Å²) in [5.41, 5.74) is 5.59. The third-order valence-corrected chi connectivity index (χ3v) is 3.55. The molecular formula is C12H25N3O2. The molecule has 0 bridgehead atoms. The summed E-state index contributed by atoms with van der Waals surface area (Å²) in [6.45, 7) is 5.00. The van der Waals surface area contributed by atoms with Gasteiger partial charge in [-0.2, -0.15) is 0 Å². The molecule has 3 unspecified atom stereocenters.